The van der Waals surface area contributed by atoms with Crippen molar-refractivity contribution in [2.45, 2.75) is 19.8 Å². The van der Waals surface area contributed by atoms with Crippen LogP contribution in [0.25, 0.3) is 6.08 Å². The van der Waals surface area contributed by atoms with Crippen LogP contribution in [0, 0.1) is 0 Å². The van der Waals surface area contributed by atoms with E-state index in [2.05, 4.69) is 58.1 Å². The van der Waals surface area contributed by atoms with Crippen LogP contribution in [-0.4, -0.2) is 17.3 Å². The van der Waals surface area contributed by atoms with Gasteiger partial charge in [-0.15, -0.1) is 0 Å². The van der Waals surface area contributed by atoms with Crippen LogP contribution >= 0.6 is 23.3 Å². The van der Waals surface area contributed by atoms with Crippen molar-refractivity contribution in [3.63, 3.8) is 0 Å². The highest BCUT2D eigenvalue weighted by Gasteiger charge is 2.25. The van der Waals surface area contributed by atoms with Crippen molar-refractivity contribution >= 4 is 29.4 Å². The van der Waals surface area contributed by atoms with Crippen LogP contribution < -0.4 is 0 Å². The van der Waals surface area contributed by atoms with Crippen molar-refractivity contribution in [2.24, 2.45) is 0 Å². The summed E-state index contributed by atoms with van der Waals surface area (Å²) in [5.41, 5.74) is 2.84. The third kappa shape index (κ3) is 3.39. The minimum atomic E-state index is -0.479. The van der Waals surface area contributed by atoms with Gasteiger partial charge >= 0.3 is 0 Å². The standard InChI is InChI=1S/C14H19BrS/c1-13(11-14-7-3-2-4-8-14)12-16(15)9-5-6-10-16/h2-4,7-8,11H,5-6,9-10,12H2,1H3/b13-11+. The third-order valence-corrected chi connectivity index (χ3v) is 8.61. The number of halogens is 1. The lowest BCUT2D eigenvalue weighted by atomic mass is 10.1. The summed E-state index contributed by atoms with van der Waals surface area (Å²) >= 11 is 4.00. The fraction of sp³-hybridized carbons (Fsp3) is 0.429. The van der Waals surface area contributed by atoms with Gasteiger partial charge in [-0.2, -0.15) is 8.46 Å². The van der Waals surface area contributed by atoms with Gasteiger partial charge in [0.2, 0.25) is 0 Å². The second kappa shape index (κ2) is 5.42. The van der Waals surface area contributed by atoms with E-state index in [0.717, 1.165) is 0 Å². The lowest BCUT2D eigenvalue weighted by molar-refractivity contribution is 0.949. The summed E-state index contributed by atoms with van der Waals surface area (Å²) in [7, 11) is -0.479. The molecular formula is C14H19BrS. The molecule has 1 fully saturated rings. The molecule has 0 amide bonds. The lowest BCUT2D eigenvalue weighted by Gasteiger charge is -2.28. The second-order valence-electron chi connectivity index (χ2n) is 4.60. The van der Waals surface area contributed by atoms with Crippen LogP contribution in [0.1, 0.15) is 25.3 Å². The van der Waals surface area contributed by atoms with Gasteiger partial charge in [0.1, 0.15) is 0 Å². The molecule has 1 aliphatic rings. The molecule has 0 bridgehead atoms. The van der Waals surface area contributed by atoms with Gasteiger partial charge in [0.15, 0.2) is 0 Å². The van der Waals surface area contributed by atoms with Gasteiger partial charge in [0, 0.05) is 5.75 Å². The van der Waals surface area contributed by atoms with Crippen LogP contribution in [0.3, 0.4) is 0 Å². The Kier molecular flexibility index (Phi) is 4.15. The molecule has 1 aliphatic heterocycles. The van der Waals surface area contributed by atoms with Crippen molar-refractivity contribution in [3.05, 3.63) is 41.5 Å². The molecule has 0 radical (unpaired) electrons. The highest BCUT2D eigenvalue weighted by atomic mass is 79.9. The normalized spacial score (nSPS) is 22.0. The van der Waals surface area contributed by atoms with Crippen molar-refractivity contribution in [1.29, 1.82) is 0 Å². The molecule has 1 saturated heterocycles. The maximum atomic E-state index is 4.00. The van der Waals surface area contributed by atoms with E-state index in [-0.39, 0.29) is 0 Å². The van der Waals surface area contributed by atoms with Crippen molar-refractivity contribution in [3.8, 4) is 0 Å². The van der Waals surface area contributed by atoms with E-state index >= 15 is 0 Å². The first kappa shape index (κ1) is 12.3. The molecule has 0 nitrogen and oxygen atoms in total. The fourth-order valence-electron chi connectivity index (χ4n) is 2.25. The summed E-state index contributed by atoms with van der Waals surface area (Å²) in [4.78, 5) is 0. The molecule has 1 heterocycles. The Hall–Kier alpha value is -0.210. The van der Waals surface area contributed by atoms with Gasteiger partial charge < -0.3 is 0 Å². The fourth-order valence-corrected chi connectivity index (χ4v) is 7.54. The molecule has 0 saturated carbocycles. The largest absolute Gasteiger partial charge is 0.179 e. The molecule has 0 unspecified atom stereocenters. The van der Waals surface area contributed by atoms with Gasteiger partial charge in [-0.05, 0) is 51.6 Å². The molecule has 2 rings (SSSR count). The number of hydrogen-bond donors (Lipinski definition) is 0. The van der Waals surface area contributed by atoms with Crippen LogP contribution in [0.2, 0.25) is 0 Å². The zero-order valence-electron chi connectivity index (χ0n) is 9.79. The molecule has 0 atom stereocenters. The second-order valence-corrected chi connectivity index (χ2v) is 11.7. The minimum Gasteiger partial charge on any atom is -0.179 e. The van der Waals surface area contributed by atoms with Crippen LogP contribution in [-0.2, 0) is 0 Å². The summed E-state index contributed by atoms with van der Waals surface area (Å²) in [5.74, 6) is 4.09. The third-order valence-electron chi connectivity index (χ3n) is 2.97. The van der Waals surface area contributed by atoms with E-state index in [1.54, 1.807) is 0 Å². The first-order chi connectivity index (χ1) is 7.68. The molecule has 0 spiro atoms. The zero-order valence-corrected chi connectivity index (χ0v) is 12.2. The van der Waals surface area contributed by atoms with Crippen LogP contribution in [0.4, 0.5) is 0 Å². The maximum absolute atomic E-state index is 4.00. The topological polar surface area (TPSA) is 0 Å². The van der Waals surface area contributed by atoms with E-state index in [4.69, 9.17) is 0 Å². The molecular weight excluding hydrogens is 280 g/mol. The highest BCUT2D eigenvalue weighted by Crippen LogP contribution is 2.61. The van der Waals surface area contributed by atoms with E-state index in [0.29, 0.717) is 0 Å². The van der Waals surface area contributed by atoms with Crippen LogP contribution in [0.5, 0.6) is 0 Å². The van der Waals surface area contributed by atoms with E-state index < -0.39 is 8.46 Å². The molecule has 0 aliphatic carbocycles. The molecule has 88 valence electrons. The number of rotatable bonds is 3. The Morgan fingerprint density at radius 2 is 1.88 bits per heavy atom. The summed E-state index contributed by atoms with van der Waals surface area (Å²) < 4.78 is 0. The van der Waals surface area contributed by atoms with E-state index in [1.165, 1.54) is 41.2 Å². The van der Waals surface area contributed by atoms with Crippen molar-refractivity contribution in [2.75, 3.05) is 17.3 Å². The summed E-state index contributed by atoms with van der Waals surface area (Å²) in [6, 6.07) is 10.6. The SMILES string of the molecule is C/C(=C\c1ccccc1)CS1(Br)CCCC1. The molecule has 0 N–H and O–H groups in total. The van der Waals surface area contributed by atoms with Gasteiger partial charge in [-0.1, -0.05) is 42.0 Å². The maximum Gasteiger partial charge on any atom is 0.00748 e. The zero-order chi connectivity index (χ0) is 11.4. The molecule has 1 aromatic rings. The Morgan fingerprint density at radius 1 is 1.25 bits per heavy atom. The lowest BCUT2D eigenvalue weighted by Crippen LogP contribution is -2.00. The first-order valence-electron chi connectivity index (χ1n) is 5.86. The smallest absolute Gasteiger partial charge is 0.00748 e. The summed E-state index contributed by atoms with van der Waals surface area (Å²) in [5, 5.41) is 0. The van der Waals surface area contributed by atoms with Crippen molar-refractivity contribution in [1.82, 2.24) is 0 Å². The number of benzene rings is 1. The molecule has 2 heteroatoms. The Bertz CT molecular complexity index is 364. The average molecular weight is 299 g/mol. The number of hydrogen-bond acceptors (Lipinski definition) is 0. The predicted octanol–water partition coefficient (Wildman–Crippen LogP) is 5.00. The van der Waals surface area contributed by atoms with Crippen molar-refractivity contribution < 1.29 is 0 Å². The summed E-state index contributed by atoms with van der Waals surface area (Å²) in [6.07, 6.45) is 5.16. The monoisotopic (exact) mass is 298 g/mol. The van der Waals surface area contributed by atoms with E-state index in [9.17, 15) is 0 Å². The molecule has 16 heavy (non-hydrogen) atoms. The molecule has 0 aromatic heterocycles. The highest BCUT2D eigenvalue weighted by molar-refractivity contribution is 9.58. The van der Waals surface area contributed by atoms with Gasteiger partial charge in [-0.25, -0.2) is 0 Å². The van der Waals surface area contributed by atoms with Gasteiger partial charge in [0.05, 0.1) is 0 Å². The Labute approximate surface area is 108 Å². The van der Waals surface area contributed by atoms with Crippen LogP contribution in [0.15, 0.2) is 35.9 Å². The quantitative estimate of drug-likeness (QED) is 0.737. The average Bonchev–Trinajstić information content (AvgIpc) is 2.66. The Balaban J connectivity index is 2.02. The Morgan fingerprint density at radius 3 is 2.50 bits per heavy atom. The first-order valence-corrected chi connectivity index (χ1v) is 9.85. The van der Waals surface area contributed by atoms with Gasteiger partial charge in [-0.3, -0.25) is 0 Å². The predicted molar refractivity (Wildman–Crippen MR) is 80.4 cm³/mol. The molecule has 1 aromatic carbocycles. The van der Waals surface area contributed by atoms with Gasteiger partial charge in [0.25, 0.3) is 0 Å². The minimum absolute atomic E-state index is 0.479. The summed E-state index contributed by atoms with van der Waals surface area (Å²) in [6.45, 7) is 2.27. The van der Waals surface area contributed by atoms with E-state index in [1.807, 2.05) is 0 Å².